The molecular formula is C27H31FN6O3. The molecular weight excluding hydrogens is 475 g/mol. The molecule has 0 bridgehead atoms. The van der Waals surface area contributed by atoms with E-state index in [2.05, 4.69) is 26.1 Å². The molecule has 6 rings (SSSR count). The SMILES string of the molecule is COC1CC(n2c(=O)n(C)c3nnc4ccc(-c5ccc(OCCCN6CC[C@@H](F)C6)nc5)cc4c32)C1. The molecule has 37 heavy (non-hydrogen) atoms. The van der Waals surface area contributed by atoms with Gasteiger partial charge in [-0.15, -0.1) is 10.2 Å². The predicted molar refractivity (Wildman–Crippen MR) is 139 cm³/mol. The average molecular weight is 507 g/mol. The van der Waals surface area contributed by atoms with Crippen molar-refractivity contribution in [2.45, 2.75) is 44.0 Å². The van der Waals surface area contributed by atoms with E-state index in [1.807, 2.05) is 28.8 Å². The Morgan fingerprint density at radius 2 is 1.97 bits per heavy atom. The Hall–Kier alpha value is -3.37. The molecule has 10 heteroatoms. The number of hydrogen-bond donors (Lipinski definition) is 0. The summed E-state index contributed by atoms with van der Waals surface area (Å²) in [5, 5.41) is 9.62. The number of aryl methyl sites for hydroxylation is 1. The van der Waals surface area contributed by atoms with Gasteiger partial charge in [0.05, 0.1) is 18.2 Å². The number of methoxy groups -OCH3 is 1. The molecule has 1 aromatic carbocycles. The molecule has 1 aliphatic heterocycles. The first kappa shape index (κ1) is 24.0. The van der Waals surface area contributed by atoms with Crippen LogP contribution in [0, 0.1) is 0 Å². The third-order valence-corrected chi connectivity index (χ3v) is 7.69. The van der Waals surface area contributed by atoms with Crippen LogP contribution in [0.3, 0.4) is 0 Å². The van der Waals surface area contributed by atoms with Gasteiger partial charge in [0.1, 0.15) is 11.7 Å². The Labute approximate surface area is 213 Å². The van der Waals surface area contributed by atoms with Gasteiger partial charge in [0.25, 0.3) is 0 Å². The number of halogens is 1. The summed E-state index contributed by atoms with van der Waals surface area (Å²) in [5.41, 5.74) is 3.96. The Balaban J connectivity index is 1.23. The van der Waals surface area contributed by atoms with E-state index in [0.29, 0.717) is 31.1 Å². The molecule has 3 aromatic heterocycles. The minimum Gasteiger partial charge on any atom is -0.478 e. The lowest BCUT2D eigenvalue weighted by Gasteiger charge is -2.34. The second kappa shape index (κ2) is 9.83. The minimum atomic E-state index is -0.691. The van der Waals surface area contributed by atoms with Crippen molar-refractivity contribution in [2.24, 2.45) is 7.05 Å². The van der Waals surface area contributed by atoms with E-state index in [4.69, 9.17) is 9.47 Å². The van der Waals surface area contributed by atoms with Crippen LogP contribution in [0.15, 0.2) is 41.3 Å². The molecule has 0 radical (unpaired) electrons. The van der Waals surface area contributed by atoms with E-state index in [-0.39, 0.29) is 17.8 Å². The lowest BCUT2D eigenvalue weighted by molar-refractivity contribution is 0.00635. The highest BCUT2D eigenvalue weighted by Gasteiger charge is 2.34. The third kappa shape index (κ3) is 4.48. The van der Waals surface area contributed by atoms with Crippen molar-refractivity contribution in [3.63, 3.8) is 0 Å². The highest BCUT2D eigenvalue weighted by atomic mass is 19.1. The molecule has 9 nitrogen and oxygen atoms in total. The van der Waals surface area contributed by atoms with E-state index in [9.17, 15) is 9.18 Å². The van der Waals surface area contributed by atoms with E-state index in [0.717, 1.165) is 59.9 Å². The van der Waals surface area contributed by atoms with Crippen molar-refractivity contribution in [1.82, 2.24) is 29.2 Å². The van der Waals surface area contributed by atoms with E-state index in [1.54, 1.807) is 24.9 Å². The second-order valence-corrected chi connectivity index (χ2v) is 10.1. The number of pyridine rings is 1. The van der Waals surface area contributed by atoms with Crippen molar-refractivity contribution in [3.05, 3.63) is 47.0 Å². The van der Waals surface area contributed by atoms with Gasteiger partial charge in [-0.2, -0.15) is 0 Å². The van der Waals surface area contributed by atoms with Gasteiger partial charge in [-0.3, -0.25) is 9.13 Å². The quantitative estimate of drug-likeness (QED) is 0.338. The zero-order valence-corrected chi connectivity index (χ0v) is 21.1. The summed E-state index contributed by atoms with van der Waals surface area (Å²) in [7, 11) is 3.45. The lowest BCUT2D eigenvalue weighted by atomic mass is 9.89. The van der Waals surface area contributed by atoms with Crippen LogP contribution in [-0.2, 0) is 11.8 Å². The van der Waals surface area contributed by atoms with Crippen LogP contribution >= 0.6 is 0 Å². The number of nitrogens with zero attached hydrogens (tertiary/aromatic N) is 6. The number of fused-ring (bicyclic) bond motifs is 3. The van der Waals surface area contributed by atoms with Crippen LogP contribution < -0.4 is 10.4 Å². The van der Waals surface area contributed by atoms with Crippen molar-refractivity contribution in [2.75, 3.05) is 33.4 Å². The van der Waals surface area contributed by atoms with Crippen LogP contribution in [0.1, 0.15) is 31.7 Å². The summed E-state index contributed by atoms with van der Waals surface area (Å²) in [6.45, 7) is 2.74. The van der Waals surface area contributed by atoms with E-state index >= 15 is 0 Å². The second-order valence-electron chi connectivity index (χ2n) is 10.1. The van der Waals surface area contributed by atoms with Gasteiger partial charge in [-0.1, -0.05) is 6.07 Å². The number of alkyl halides is 1. The average Bonchev–Trinajstić information content (AvgIpc) is 3.42. The van der Waals surface area contributed by atoms with Crippen LogP contribution in [0.5, 0.6) is 5.88 Å². The molecule has 0 unspecified atom stereocenters. The Morgan fingerprint density at radius 3 is 2.70 bits per heavy atom. The van der Waals surface area contributed by atoms with Gasteiger partial charge in [-0.25, -0.2) is 14.2 Å². The molecule has 4 heterocycles. The molecule has 0 amide bonds. The van der Waals surface area contributed by atoms with E-state index in [1.165, 1.54) is 0 Å². The van der Waals surface area contributed by atoms with Crippen LogP contribution in [0.25, 0.3) is 33.2 Å². The maximum absolute atomic E-state index is 13.3. The standard InChI is InChI=1S/C27H31FN6O3/c1-32-26-25(34(27(32)35)20-13-21(14-20)36-2)22-12-17(4-6-23(22)30-31-26)18-5-7-24(29-15-18)37-11-3-9-33-10-8-19(28)16-33/h4-7,12,15,19-21H,3,8-11,13-14,16H2,1-2H3/t19-,20?,21?/m1/s1. The molecule has 1 saturated heterocycles. The highest BCUT2D eigenvalue weighted by molar-refractivity contribution is 6.02. The van der Waals surface area contributed by atoms with Gasteiger partial charge < -0.3 is 14.4 Å². The summed E-state index contributed by atoms with van der Waals surface area (Å²) in [5.74, 6) is 0.567. The maximum atomic E-state index is 13.3. The van der Waals surface area contributed by atoms with Crippen LogP contribution in [-0.4, -0.2) is 74.8 Å². The predicted octanol–water partition coefficient (Wildman–Crippen LogP) is 3.51. The molecule has 4 aromatic rings. The normalized spacial score (nSPS) is 22.1. The van der Waals surface area contributed by atoms with Crippen molar-refractivity contribution >= 4 is 22.1 Å². The summed E-state index contributed by atoms with van der Waals surface area (Å²) >= 11 is 0. The zero-order valence-electron chi connectivity index (χ0n) is 21.1. The summed E-state index contributed by atoms with van der Waals surface area (Å²) in [6, 6.07) is 9.91. The molecule has 1 atom stereocenters. The topological polar surface area (TPSA) is 87.3 Å². The fourth-order valence-electron chi connectivity index (χ4n) is 5.44. The zero-order chi connectivity index (χ0) is 25.5. The number of hydrogen-bond acceptors (Lipinski definition) is 7. The minimum absolute atomic E-state index is 0.0826. The van der Waals surface area contributed by atoms with Crippen LogP contribution in [0.4, 0.5) is 4.39 Å². The van der Waals surface area contributed by atoms with Gasteiger partial charge in [0.15, 0.2) is 5.65 Å². The van der Waals surface area contributed by atoms with Gasteiger partial charge >= 0.3 is 5.69 Å². The van der Waals surface area contributed by atoms with Gasteiger partial charge in [-0.05, 0) is 49.4 Å². The lowest BCUT2D eigenvalue weighted by Crippen LogP contribution is -2.37. The fraction of sp³-hybridized carbons (Fsp3) is 0.481. The van der Waals surface area contributed by atoms with Crippen molar-refractivity contribution < 1.29 is 13.9 Å². The molecule has 2 aliphatic rings. The number of aromatic nitrogens is 5. The first-order chi connectivity index (χ1) is 18.0. The monoisotopic (exact) mass is 506 g/mol. The molecule has 1 saturated carbocycles. The third-order valence-electron chi connectivity index (χ3n) is 7.69. The highest BCUT2D eigenvalue weighted by Crippen LogP contribution is 2.37. The van der Waals surface area contributed by atoms with Gasteiger partial charge in [0.2, 0.25) is 5.88 Å². The molecule has 1 aliphatic carbocycles. The molecule has 0 spiro atoms. The summed E-state index contributed by atoms with van der Waals surface area (Å²) in [6.07, 6.45) is 4.36. The first-order valence-corrected chi connectivity index (χ1v) is 12.9. The number of ether oxygens (including phenoxy) is 2. The largest absolute Gasteiger partial charge is 0.478 e. The smallest absolute Gasteiger partial charge is 0.330 e. The number of likely N-dealkylation sites (tertiary alicyclic amines) is 1. The summed E-state index contributed by atoms with van der Waals surface area (Å²) in [4.78, 5) is 19.7. The molecule has 0 N–H and O–H groups in total. The van der Waals surface area contributed by atoms with E-state index < -0.39 is 6.17 Å². The Morgan fingerprint density at radius 1 is 1.14 bits per heavy atom. The number of imidazole rings is 1. The molecule has 2 fully saturated rings. The molecule has 194 valence electrons. The number of benzene rings is 1. The van der Waals surface area contributed by atoms with Crippen molar-refractivity contribution in [3.8, 4) is 17.0 Å². The van der Waals surface area contributed by atoms with Crippen LogP contribution in [0.2, 0.25) is 0 Å². The Bertz CT molecular complexity index is 1480. The first-order valence-electron chi connectivity index (χ1n) is 12.9. The number of rotatable bonds is 8. The maximum Gasteiger partial charge on any atom is 0.330 e. The summed E-state index contributed by atoms with van der Waals surface area (Å²) < 4.78 is 28.0. The van der Waals surface area contributed by atoms with Crippen molar-refractivity contribution in [1.29, 1.82) is 0 Å². The van der Waals surface area contributed by atoms with Gasteiger partial charge in [0, 0.05) is 63.0 Å². The Kier molecular flexibility index (Phi) is 6.37. The fourth-order valence-corrected chi connectivity index (χ4v) is 5.44.